The second-order valence-corrected chi connectivity index (χ2v) is 7.43. The fraction of sp³-hybridized carbons (Fsp3) is 0.273. The highest BCUT2D eigenvalue weighted by atomic mass is 35.5. The molecule has 138 valence electrons. The smallest absolute Gasteiger partial charge is 0.229 e. The minimum atomic E-state index is 0.598. The first kappa shape index (κ1) is 17.8. The third kappa shape index (κ3) is 4.77. The standard InChI is InChI=1S/C22H23ClN4/c23-19-7-4-8-20(16-19)25-22-24-12-9-21(26-22)27-13-10-18(11-14-27)15-17-5-2-1-3-6-17/h1-9,12,16,18H,10-11,13-15H2,(H,24,25,26). The maximum atomic E-state index is 6.05. The van der Waals surface area contributed by atoms with E-state index in [1.54, 1.807) is 0 Å². The monoisotopic (exact) mass is 378 g/mol. The van der Waals surface area contributed by atoms with Crippen LogP contribution in [-0.4, -0.2) is 23.1 Å². The van der Waals surface area contributed by atoms with Crippen LogP contribution in [0.5, 0.6) is 0 Å². The molecule has 2 aromatic carbocycles. The van der Waals surface area contributed by atoms with Crippen LogP contribution in [0.3, 0.4) is 0 Å². The zero-order valence-electron chi connectivity index (χ0n) is 15.2. The Labute approximate surface area is 165 Å². The number of halogens is 1. The molecule has 0 saturated carbocycles. The van der Waals surface area contributed by atoms with Crippen LogP contribution in [0.15, 0.2) is 66.9 Å². The van der Waals surface area contributed by atoms with Crippen molar-refractivity contribution < 1.29 is 0 Å². The predicted molar refractivity (Wildman–Crippen MR) is 112 cm³/mol. The van der Waals surface area contributed by atoms with E-state index >= 15 is 0 Å². The molecule has 1 aliphatic rings. The molecule has 1 aromatic heterocycles. The van der Waals surface area contributed by atoms with Crippen LogP contribution in [0.2, 0.25) is 5.02 Å². The molecule has 1 aliphatic heterocycles. The number of hydrogen-bond acceptors (Lipinski definition) is 4. The highest BCUT2D eigenvalue weighted by Gasteiger charge is 2.20. The summed E-state index contributed by atoms with van der Waals surface area (Å²) in [4.78, 5) is 11.4. The molecule has 0 bridgehead atoms. The fourth-order valence-corrected chi connectivity index (χ4v) is 3.78. The van der Waals surface area contributed by atoms with E-state index in [2.05, 4.69) is 45.5 Å². The van der Waals surface area contributed by atoms with Crippen molar-refractivity contribution in [3.8, 4) is 0 Å². The summed E-state index contributed by atoms with van der Waals surface area (Å²) in [5, 5.41) is 3.92. The second-order valence-electron chi connectivity index (χ2n) is 6.99. The van der Waals surface area contributed by atoms with Gasteiger partial charge in [0.1, 0.15) is 5.82 Å². The van der Waals surface area contributed by atoms with Crippen LogP contribution in [0, 0.1) is 5.92 Å². The first-order valence-electron chi connectivity index (χ1n) is 9.41. The summed E-state index contributed by atoms with van der Waals surface area (Å²) in [5.74, 6) is 2.32. The molecule has 0 atom stereocenters. The molecule has 4 rings (SSSR count). The van der Waals surface area contributed by atoms with Gasteiger partial charge in [-0.3, -0.25) is 0 Å². The average molecular weight is 379 g/mol. The molecule has 0 radical (unpaired) electrons. The molecule has 1 fully saturated rings. The van der Waals surface area contributed by atoms with E-state index in [1.165, 1.54) is 24.8 Å². The van der Waals surface area contributed by atoms with Crippen LogP contribution in [-0.2, 0) is 6.42 Å². The predicted octanol–water partition coefficient (Wildman–Crippen LogP) is 5.33. The van der Waals surface area contributed by atoms with Crippen molar-refractivity contribution in [2.75, 3.05) is 23.3 Å². The Hall–Kier alpha value is -2.59. The van der Waals surface area contributed by atoms with Crippen molar-refractivity contribution >= 4 is 29.1 Å². The number of anilines is 3. The lowest BCUT2D eigenvalue weighted by Gasteiger charge is -2.33. The molecule has 0 amide bonds. The number of rotatable bonds is 5. The average Bonchev–Trinajstić information content (AvgIpc) is 2.70. The number of nitrogens with zero attached hydrogens (tertiary/aromatic N) is 3. The first-order chi connectivity index (χ1) is 13.3. The summed E-state index contributed by atoms with van der Waals surface area (Å²) < 4.78 is 0. The molecule has 5 heteroatoms. The van der Waals surface area contributed by atoms with E-state index in [1.807, 2.05) is 36.5 Å². The van der Waals surface area contributed by atoms with E-state index < -0.39 is 0 Å². The van der Waals surface area contributed by atoms with E-state index in [0.717, 1.165) is 30.5 Å². The molecule has 0 spiro atoms. The third-order valence-electron chi connectivity index (χ3n) is 5.03. The minimum Gasteiger partial charge on any atom is -0.356 e. The highest BCUT2D eigenvalue weighted by molar-refractivity contribution is 6.30. The van der Waals surface area contributed by atoms with Crippen molar-refractivity contribution in [2.24, 2.45) is 5.92 Å². The van der Waals surface area contributed by atoms with Gasteiger partial charge < -0.3 is 10.2 Å². The zero-order chi connectivity index (χ0) is 18.5. The van der Waals surface area contributed by atoms with Gasteiger partial charge in [-0.15, -0.1) is 0 Å². The third-order valence-corrected chi connectivity index (χ3v) is 5.26. The Morgan fingerprint density at radius 3 is 2.59 bits per heavy atom. The highest BCUT2D eigenvalue weighted by Crippen LogP contribution is 2.25. The van der Waals surface area contributed by atoms with Crippen LogP contribution >= 0.6 is 11.6 Å². The molecule has 27 heavy (non-hydrogen) atoms. The van der Waals surface area contributed by atoms with Gasteiger partial charge in [-0.2, -0.15) is 4.98 Å². The molecule has 2 heterocycles. The number of aromatic nitrogens is 2. The van der Waals surface area contributed by atoms with E-state index in [0.29, 0.717) is 11.0 Å². The van der Waals surface area contributed by atoms with Crippen molar-refractivity contribution in [1.82, 2.24) is 9.97 Å². The summed E-state index contributed by atoms with van der Waals surface area (Å²) in [6, 6.07) is 20.4. The fourth-order valence-electron chi connectivity index (χ4n) is 3.59. The number of piperidine rings is 1. The van der Waals surface area contributed by atoms with Gasteiger partial charge in [0.25, 0.3) is 0 Å². The van der Waals surface area contributed by atoms with Gasteiger partial charge in [0.2, 0.25) is 5.95 Å². The van der Waals surface area contributed by atoms with Crippen molar-refractivity contribution in [2.45, 2.75) is 19.3 Å². The van der Waals surface area contributed by atoms with Gasteiger partial charge in [0.15, 0.2) is 0 Å². The Bertz CT molecular complexity index is 876. The summed E-state index contributed by atoms with van der Waals surface area (Å²) in [7, 11) is 0. The molecule has 0 aliphatic carbocycles. The number of hydrogen-bond donors (Lipinski definition) is 1. The van der Waals surface area contributed by atoms with E-state index in [9.17, 15) is 0 Å². The lowest BCUT2D eigenvalue weighted by Crippen LogP contribution is -2.35. The van der Waals surface area contributed by atoms with Gasteiger partial charge >= 0.3 is 0 Å². The van der Waals surface area contributed by atoms with E-state index in [-0.39, 0.29) is 0 Å². The number of benzene rings is 2. The Kier molecular flexibility index (Phi) is 5.54. The normalized spacial score (nSPS) is 14.9. The van der Waals surface area contributed by atoms with E-state index in [4.69, 9.17) is 16.6 Å². The van der Waals surface area contributed by atoms with Crippen LogP contribution in [0.25, 0.3) is 0 Å². The van der Waals surface area contributed by atoms with Gasteiger partial charge in [0.05, 0.1) is 0 Å². The van der Waals surface area contributed by atoms with Crippen molar-refractivity contribution in [3.05, 3.63) is 77.4 Å². The van der Waals surface area contributed by atoms with Gasteiger partial charge in [0, 0.05) is 30.0 Å². The SMILES string of the molecule is Clc1cccc(Nc2nccc(N3CCC(Cc4ccccc4)CC3)n2)c1. The van der Waals surface area contributed by atoms with Crippen molar-refractivity contribution in [1.29, 1.82) is 0 Å². The Morgan fingerprint density at radius 2 is 1.81 bits per heavy atom. The molecular formula is C22H23ClN4. The second kappa shape index (κ2) is 8.40. The van der Waals surface area contributed by atoms with Crippen molar-refractivity contribution in [3.63, 3.8) is 0 Å². The minimum absolute atomic E-state index is 0.598. The maximum Gasteiger partial charge on any atom is 0.229 e. The molecule has 1 saturated heterocycles. The van der Waals surface area contributed by atoms with Crippen LogP contribution in [0.4, 0.5) is 17.5 Å². The molecular weight excluding hydrogens is 356 g/mol. The zero-order valence-corrected chi connectivity index (χ0v) is 15.9. The first-order valence-corrected chi connectivity index (χ1v) is 9.78. The quantitative estimate of drug-likeness (QED) is 0.651. The van der Waals surface area contributed by atoms with Gasteiger partial charge in [-0.25, -0.2) is 4.98 Å². The Balaban J connectivity index is 1.37. The molecule has 1 N–H and O–H groups in total. The number of nitrogens with one attached hydrogen (secondary N) is 1. The molecule has 4 nitrogen and oxygen atoms in total. The summed E-state index contributed by atoms with van der Waals surface area (Å²) >= 11 is 6.05. The topological polar surface area (TPSA) is 41.1 Å². The van der Waals surface area contributed by atoms with Gasteiger partial charge in [-0.05, 0) is 55.0 Å². The Morgan fingerprint density at radius 1 is 1.00 bits per heavy atom. The van der Waals surface area contributed by atoms with Crippen LogP contribution < -0.4 is 10.2 Å². The molecule has 3 aromatic rings. The van der Waals surface area contributed by atoms with Crippen LogP contribution in [0.1, 0.15) is 18.4 Å². The summed E-state index contributed by atoms with van der Waals surface area (Å²) in [5.41, 5.74) is 2.33. The largest absolute Gasteiger partial charge is 0.356 e. The lowest BCUT2D eigenvalue weighted by molar-refractivity contribution is 0.402. The lowest BCUT2D eigenvalue weighted by atomic mass is 9.90. The summed E-state index contributed by atoms with van der Waals surface area (Å²) in [6.07, 6.45) is 5.36. The maximum absolute atomic E-state index is 6.05. The molecule has 0 unspecified atom stereocenters. The van der Waals surface area contributed by atoms with Gasteiger partial charge in [-0.1, -0.05) is 48.0 Å². The summed E-state index contributed by atoms with van der Waals surface area (Å²) in [6.45, 7) is 2.07.